The Kier molecular flexibility index (Phi) is 11.9. The molecule has 0 saturated carbocycles. The van der Waals surface area contributed by atoms with Crippen molar-refractivity contribution in [3.05, 3.63) is 18.2 Å². The maximum Gasteiger partial charge on any atom is 0.326 e. The fourth-order valence-corrected chi connectivity index (χ4v) is 3.23. The number of amides is 4. The standard InChI is InChI=1S/C22H37N7O6/c1-11(2)6-16(22(34)35)28-20(32)15(7-14-9-24-10-25-14)27-21(33)18(12(3)4)29-19(31)13(5)26-17(30)8-23/h9-13,15-16,18H,6-8,23H2,1-5H3,(H,24,25)(H,26,30)(H,27,33)(H,28,32)(H,29,31)(H,34,35)/t13-,15-,16-,18-/m0/s1. The maximum absolute atomic E-state index is 13.1. The quantitative estimate of drug-likeness (QED) is 0.164. The van der Waals surface area contributed by atoms with Gasteiger partial charge in [0.15, 0.2) is 0 Å². The van der Waals surface area contributed by atoms with Crippen LogP contribution in [0.4, 0.5) is 0 Å². The van der Waals surface area contributed by atoms with Crippen molar-refractivity contribution >= 4 is 29.6 Å². The van der Waals surface area contributed by atoms with Gasteiger partial charge >= 0.3 is 5.97 Å². The van der Waals surface area contributed by atoms with Crippen LogP contribution in [0.2, 0.25) is 0 Å². The molecule has 1 aromatic heterocycles. The van der Waals surface area contributed by atoms with Crippen LogP contribution >= 0.6 is 0 Å². The predicted octanol–water partition coefficient (Wildman–Crippen LogP) is -1.34. The van der Waals surface area contributed by atoms with Gasteiger partial charge in [-0.25, -0.2) is 9.78 Å². The highest BCUT2D eigenvalue weighted by molar-refractivity contribution is 5.95. The van der Waals surface area contributed by atoms with Gasteiger partial charge in [-0.2, -0.15) is 0 Å². The van der Waals surface area contributed by atoms with Crippen molar-refractivity contribution < 1.29 is 29.1 Å². The third-order valence-electron chi connectivity index (χ3n) is 5.14. The number of imidazole rings is 1. The third kappa shape index (κ3) is 10.1. The van der Waals surface area contributed by atoms with Gasteiger partial charge in [0.05, 0.1) is 12.9 Å². The average Bonchev–Trinajstić information content (AvgIpc) is 3.28. The third-order valence-corrected chi connectivity index (χ3v) is 5.14. The summed E-state index contributed by atoms with van der Waals surface area (Å²) in [5.74, 6) is -3.97. The van der Waals surface area contributed by atoms with E-state index < -0.39 is 53.8 Å². The Balaban J connectivity index is 3.03. The number of hydrogen-bond acceptors (Lipinski definition) is 7. The first kappa shape index (κ1) is 29.6. The molecule has 0 aliphatic carbocycles. The molecule has 1 heterocycles. The number of carboxylic acids is 1. The molecule has 0 radical (unpaired) electrons. The highest BCUT2D eigenvalue weighted by Gasteiger charge is 2.32. The smallest absolute Gasteiger partial charge is 0.326 e. The summed E-state index contributed by atoms with van der Waals surface area (Å²) in [6.07, 6.45) is 3.13. The van der Waals surface area contributed by atoms with Gasteiger partial charge in [0.25, 0.3) is 0 Å². The monoisotopic (exact) mass is 495 g/mol. The molecule has 0 bridgehead atoms. The van der Waals surface area contributed by atoms with Crippen LogP contribution in [0.1, 0.15) is 46.7 Å². The molecular weight excluding hydrogens is 458 g/mol. The first-order valence-corrected chi connectivity index (χ1v) is 11.5. The molecular formula is C22H37N7O6. The van der Waals surface area contributed by atoms with Gasteiger partial charge in [0.2, 0.25) is 23.6 Å². The number of H-pyrrole nitrogens is 1. The molecule has 0 fully saturated rings. The number of rotatable bonds is 14. The lowest BCUT2D eigenvalue weighted by Crippen LogP contribution is -2.59. The number of nitrogens with two attached hydrogens (primary N) is 1. The summed E-state index contributed by atoms with van der Waals surface area (Å²) in [5, 5.41) is 19.6. The van der Waals surface area contributed by atoms with Crippen molar-refractivity contribution in [2.45, 2.75) is 71.6 Å². The molecule has 1 rings (SSSR count). The van der Waals surface area contributed by atoms with E-state index >= 15 is 0 Å². The van der Waals surface area contributed by atoms with E-state index in [2.05, 4.69) is 31.2 Å². The maximum atomic E-state index is 13.1. The van der Waals surface area contributed by atoms with Crippen molar-refractivity contribution in [3.63, 3.8) is 0 Å². The molecule has 0 aromatic carbocycles. The Bertz CT molecular complexity index is 872. The SMILES string of the molecule is CC(C)C[C@H](NC(=O)[C@H](Cc1cnc[nH]1)NC(=O)[C@@H](NC(=O)[C@H](C)NC(=O)CN)C(C)C)C(=O)O. The second-order valence-corrected chi connectivity index (χ2v) is 9.09. The van der Waals surface area contributed by atoms with Gasteiger partial charge in [0.1, 0.15) is 24.2 Å². The largest absolute Gasteiger partial charge is 0.480 e. The van der Waals surface area contributed by atoms with Crippen LogP contribution in [0, 0.1) is 11.8 Å². The Labute approximate surface area is 204 Å². The topological polar surface area (TPSA) is 208 Å². The minimum absolute atomic E-state index is 0.0133. The molecule has 4 atom stereocenters. The number of nitrogens with zero attached hydrogens (tertiary/aromatic N) is 1. The number of aromatic amines is 1. The van der Waals surface area contributed by atoms with E-state index in [0.717, 1.165) is 0 Å². The van der Waals surface area contributed by atoms with E-state index in [1.165, 1.54) is 19.4 Å². The molecule has 8 N–H and O–H groups in total. The van der Waals surface area contributed by atoms with E-state index in [4.69, 9.17) is 5.73 Å². The van der Waals surface area contributed by atoms with Gasteiger partial charge in [-0.05, 0) is 25.2 Å². The average molecular weight is 496 g/mol. The van der Waals surface area contributed by atoms with Crippen molar-refractivity contribution in [2.24, 2.45) is 17.6 Å². The highest BCUT2D eigenvalue weighted by Crippen LogP contribution is 2.08. The number of aromatic nitrogens is 2. The van der Waals surface area contributed by atoms with Crippen LogP contribution in [0.15, 0.2) is 12.5 Å². The van der Waals surface area contributed by atoms with E-state index in [9.17, 15) is 29.1 Å². The molecule has 0 aliphatic rings. The zero-order valence-corrected chi connectivity index (χ0v) is 20.8. The fourth-order valence-electron chi connectivity index (χ4n) is 3.23. The van der Waals surface area contributed by atoms with Crippen molar-refractivity contribution in [2.75, 3.05) is 6.54 Å². The van der Waals surface area contributed by atoms with Crippen LogP contribution in [-0.2, 0) is 30.4 Å². The zero-order chi connectivity index (χ0) is 26.7. The second-order valence-electron chi connectivity index (χ2n) is 9.09. The van der Waals surface area contributed by atoms with Gasteiger partial charge in [-0.15, -0.1) is 0 Å². The van der Waals surface area contributed by atoms with Crippen molar-refractivity contribution in [1.82, 2.24) is 31.2 Å². The predicted molar refractivity (Wildman–Crippen MR) is 127 cm³/mol. The second kappa shape index (κ2) is 14.0. The van der Waals surface area contributed by atoms with E-state index in [-0.39, 0.29) is 31.2 Å². The first-order valence-electron chi connectivity index (χ1n) is 11.5. The molecule has 13 nitrogen and oxygen atoms in total. The molecule has 1 aromatic rings. The van der Waals surface area contributed by atoms with Crippen molar-refractivity contribution in [1.29, 1.82) is 0 Å². The number of hydrogen-bond donors (Lipinski definition) is 7. The van der Waals surface area contributed by atoms with E-state index in [1.807, 2.05) is 13.8 Å². The summed E-state index contributed by atoms with van der Waals surface area (Å²) < 4.78 is 0. The summed E-state index contributed by atoms with van der Waals surface area (Å²) in [4.78, 5) is 68.4. The summed E-state index contributed by atoms with van der Waals surface area (Å²) in [7, 11) is 0. The van der Waals surface area contributed by atoms with Crippen LogP contribution in [0.25, 0.3) is 0 Å². The number of carbonyl (C=O) groups is 5. The number of nitrogens with one attached hydrogen (secondary N) is 5. The van der Waals surface area contributed by atoms with Crippen LogP contribution in [0.5, 0.6) is 0 Å². The normalized spacial score (nSPS) is 14.5. The Morgan fingerprint density at radius 2 is 1.57 bits per heavy atom. The molecule has 196 valence electrons. The van der Waals surface area contributed by atoms with Gasteiger partial charge in [0, 0.05) is 18.3 Å². The molecule has 0 saturated heterocycles. The molecule has 0 unspecified atom stereocenters. The molecule has 0 spiro atoms. The summed E-state index contributed by atoms with van der Waals surface area (Å²) in [6.45, 7) is 8.25. The van der Waals surface area contributed by atoms with Gasteiger partial charge in [-0.1, -0.05) is 27.7 Å². The molecule has 0 aliphatic heterocycles. The summed E-state index contributed by atoms with van der Waals surface area (Å²) >= 11 is 0. The fraction of sp³-hybridized carbons (Fsp3) is 0.636. The van der Waals surface area contributed by atoms with Crippen LogP contribution < -0.4 is 27.0 Å². The molecule has 13 heteroatoms. The number of carboxylic acid groups (broad SMARTS) is 1. The van der Waals surface area contributed by atoms with Crippen LogP contribution in [0.3, 0.4) is 0 Å². The lowest BCUT2D eigenvalue weighted by molar-refractivity contribution is -0.142. The highest BCUT2D eigenvalue weighted by atomic mass is 16.4. The minimum Gasteiger partial charge on any atom is -0.480 e. The lowest BCUT2D eigenvalue weighted by Gasteiger charge is -2.27. The summed E-state index contributed by atoms with van der Waals surface area (Å²) in [5.41, 5.74) is 5.79. The number of carbonyl (C=O) groups excluding carboxylic acids is 4. The zero-order valence-electron chi connectivity index (χ0n) is 20.8. The van der Waals surface area contributed by atoms with Crippen LogP contribution in [-0.4, -0.2) is 75.4 Å². The van der Waals surface area contributed by atoms with Gasteiger partial charge < -0.3 is 37.1 Å². The van der Waals surface area contributed by atoms with E-state index in [1.54, 1.807) is 13.8 Å². The van der Waals surface area contributed by atoms with E-state index in [0.29, 0.717) is 5.69 Å². The lowest BCUT2D eigenvalue weighted by atomic mass is 10.0. The number of aliphatic carboxylic acids is 1. The van der Waals surface area contributed by atoms with Crippen molar-refractivity contribution in [3.8, 4) is 0 Å². The summed E-state index contributed by atoms with van der Waals surface area (Å²) in [6, 6.07) is -4.22. The minimum atomic E-state index is -1.18. The Morgan fingerprint density at radius 1 is 0.943 bits per heavy atom. The van der Waals surface area contributed by atoms with Gasteiger partial charge in [-0.3, -0.25) is 19.2 Å². The first-order chi connectivity index (χ1) is 16.3. The Hall–Kier alpha value is -3.48. The molecule has 4 amide bonds. The molecule has 35 heavy (non-hydrogen) atoms. The Morgan fingerprint density at radius 3 is 2.06 bits per heavy atom.